The van der Waals surface area contributed by atoms with Crippen molar-refractivity contribution in [1.82, 2.24) is 4.90 Å². The van der Waals surface area contributed by atoms with Crippen molar-refractivity contribution in [1.29, 1.82) is 0 Å². The second-order valence-electron chi connectivity index (χ2n) is 8.47. The predicted octanol–water partition coefficient (Wildman–Crippen LogP) is 6.33. The van der Waals surface area contributed by atoms with Crippen molar-refractivity contribution in [3.63, 3.8) is 0 Å². The minimum Gasteiger partial charge on any atom is -0.493 e. The molecular formula is C28H32FNO2. The standard InChI is InChI=1S/C28H32FNO2/c1-4-5-8-20-11-13-21(14-12-20)28-24-18-27(32-3)26(31-2)17-22(24)15-16-30(28)19-23-9-6-7-10-25(23)29/h6-7,9-14,17-18,28H,4-5,8,15-16,19H2,1-3H3. The van der Waals surface area contributed by atoms with Gasteiger partial charge in [0.1, 0.15) is 5.82 Å². The Kier molecular flexibility index (Phi) is 7.11. The van der Waals surface area contributed by atoms with Gasteiger partial charge in [0.15, 0.2) is 11.5 Å². The fourth-order valence-electron chi connectivity index (χ4n) is 4.65. The molecule has 3 aromatic rings. The quantitative estimate of drug-likeness (QED) is 0.414. The van der Waals surface area contributed by atoms with Crippen molar-refractivity contribution in [2.24, 2.45) is 0 Å². The lowest BCUT2D eigenvalue weighted by Crippen LogP contribution is -2.36. The van der Waals surface area contributed by atoms with Crippen LogP contribution in [0.15, 0.2) is 60.7 Å². The van der Waals surface area contributed by atoms with Gasteiger partial charge in [-0.1, -0.05) is 55.8 Å². The van der Waals surface area contributed by atoms with Crippen LogP contribution in [0.4, 0.5) is 4.39 Å². The zero-order valence-corrected chi connectivity index (χ0v) is 19.2. The second-order valence-corrected chi connectivity index (χ2v) is 8.47. The lowest BCUT2D eigenvalue weighted by molar-refractivity contribution is 0.201. The van der Waals surface area contributed by atoms with Crippen molar-refractivity contribution in [2.45, 2.75) is 45.2 Å². The Morgan fingerprint density at radius 2 is 1.69 bits per heavy atom. The summed E-state index contributed by atoms with van der Waals surface area (Å²) in [4.78, 5) is 2.37. The van der Waals surface area contributed by atoms with Crippen molar-refractivity contribution in [3.05, 3.63) is 94.3 Å². The second kappa shape index (κ2) is 10.2. The first kappa shape index (κ1) is 22.3. The molecule has 32 heavy (non-hydrogen) atoms. The van der Waals surface area contributed by atoms with Crippen LogP contribution in [-0.2, 0) is 19.4 Å². The minimum atomic E-state index is -0.153. The molecule has 0 aromatic heterocycles. The van der Waals surface area contributed by atoms with E-state index in [9.17, 15) is 4.39 Å². The van der Waals surface area contributed by atoms with E-state index in [1.54, 1.807) is 26.4 Å². The number of methoxy groups -OCH3 is 2. The van der Waals surface area contributed by atoms with Gasteiger partial charge in [0.25, 0.3) is 0 Å². The molecule has 1 aliphatic rings. The molecule has 1 atom stereocenters. The van der Waals surface area contributed by atoms with Crippen molar-refractivity contribution >= 4 is 0 Å². The Labute approximate surface area is 190 Å². The summed E-state index contributed by atoms with van der Waals surface area (Å²) in [6, 6.07) is 20.2. The van der Waals surface area contributed by atoms with Crippen LogP contribution in [0.2, 0.25) is 0 Å². The number of benzene rings is 3. The van der Waals surface area contributed by atoms with Gasteiger partial charge in [-0.05, 0) is 59.7 Å². The van der Waals surface area contributed by atoms with Crippen LogP contribution in [-0.4, -0.2) is 25.7 Å². The molecule has 4 rings (SSSR count). The van der Waals surface area contributed by atoms with Gasteiger partial charge in [-0.3, -0.25) is 4.90 Å². The van der Waals surface area contributed by atoms with E-state index in [-0.39, 0.29) is 11.9 Å². The molecule has 0 N–H and O–H groups in total. The molecular weight excluding hydrogens is 401 g/mol. The van der Waals surface area contributed by atoms with Gasteiger partial charge in [0.05, 0.1) is 20.3 Å². The van der Waals surface area contributed by atoms with E-state index in [2.05, 4.69) is 48.2 Å². The van der Waals surface area contributed by atoms with Crippen LogP contribution < -0.4 is 9.47 Å². The lowest BCUT2D eigenvalue weighted by atomic mass is 9.87. The van der Waals surface area contributed by atoms with Gasteiger partial charge in [0, 0.05) is 18.7 Å². The molecule has 0 aliphatic carbocycles. The summed E-state index contributed by atoms with van der Waals surface area (Å²) < 4.78 is 25.7. The maximum atomic E-state index is 14.5. The number of fused-ring (bicyclic) bond motifs is 1. The molecule has 3 nitrogen and oxygen atoms in total. The Bertz CT molecular complexity index is 1050. The highest BCUT2D eigenvalue weighted by Crippen LogP contribution is 2.41. The van der Waals surface area contributed by atoms with Crippen LogP contribution >= 0.6 is 0 Å². The highest BCUT2D eigenvalue weighted by molar-refractivity contribution is 5.52. The number of halogens is 1. The monoisotopic (exact) mass is 433 g/mol. The van der Waals surface area contributed by atoms with Crippen molar-refractivity contribution < 1.29 is 13.9 Å². The van der Waals surface area contributed by atoms with Gasteiger partial charge in [-0.25, -0.2) is 4.39 Å². The number of aryl methyl sites for hydroxylation is 1. The van der Waals surface area contributed by atoms with E-state index >= 15 is 0 Å². The number of ether oxygens (including phenoxy) is 2. The van der Waals surface area contributed by atoms with E-state index in [0.29, 0.717) is 6.54 Å². The molecule has 0 fully saturated rings. The third-order valence-corrected chi connectivity index (χ3v) is 6.42. The van der Waals surface area contributed by atoms with E-state index in [4.69, 9.17) is 9.47 Å². The topological polar surface area (TPSA) is 21.7 Å². The maximum Gasteiger partial charge on any atom is 0.161 e. The molecule has 1 unspecified atom stereocenters. The van der Waals surface area contributed by atoms with Crippen molar-refractivity contribution in [3.8, 4) is 11.5 Å². The van der Waals surface area contributed by atoms with Crippen LogP contribution in [0.1, 0.15) is 53.6 Å². The van der Waals surface area contributed by atoms with Crippen molar-refractivity contribution in [2.75, 3.05) is 20.8 Å². The van der Waals surface area contributed by atoms with Gasteiger partial charge in [-0.2, -0.15) is 0 Å². The number of nitrogens with zero attached hydrogens (tertiary/aromatic N) is 1. The average Bonchev–Trinajstić information content (AvgIpc) is 2.83. The number of rotatable bonds is 8. The molecule has 168 valence electrons. The summed E-state index contributed by atoms with van der Waals surface area (Å²) in [5.74, 6) is 1.32. The van der Waals surface area contributed by atoms with Gasteiger partial charge < -0.3 is 9.47 Å². The summed E-state index contributed by atoms with van der Waals surface area (Å²) in [5.41, 5.74) is 5.76. The average molecular weight is 434 g/mol. The molecule has 0 radical (unpaired) electrons. The highest BCUT2D eigenvalue weighted by Gasteiger charge is 2.31. The Morgan fingerprint density at radius 1 is 0.969 bits per heavy atom. The molecule has 0 bridgehead atoms. The largest absolute Gasteiger partial charge is 0.493 e. The minimum absolute atomic E-state index is 0.0263. The van der Waals surface area contributed by atoms with Crippen LogP contribution in [0, 0.1) is 5.82 Å². The molecule has 0 saturated carbocycles. The Morgan fingerprint density at radius 3 is 2.38 bits per heavy atom. The summed E-state index contributed by atoms with van der Waals surface area (Å²) in [6.45, 7) is 3.62. The fraction of sp³-hybridized carbons (Fsp3) is 0.357. The van der Waals surface area contributed by atoms with Gasteiger partial charge >= 0.3 is 0 Å². The molecule has 0 amide bonds. The summed E-state index contributed by atoms with van der Waals surface area (Å²) in [7, 11) is 3.34. The molecule has 4 heteroatoms. The van der Waals surface area contributed by atoms with Crippen LogP contribution in [0.5, 0.6) is 11.5 Å². The van der Waals surface area contributed by atoms with E-state index in [1.807, 2.05) is 12.1 Å². The van der Waals surface area contributed by atoms with E-state index in [1.165, 1.54) is 35.1 Å². The van der Waals surface area contributed by atoms with E-state index < -0.39 is 0 Å². The summed E-state index contributed by atoms with van der Waals surface area (Å²) in [6.07, 6.45) is 4.37. The number of unbranched alkanes of at least 4 members (excludes halogenated alkanes) is 1. The number of hydrogen-bond acceptors (Lipinski definition) is 3. The first-order valence-electron chi connectivity index (χ1n) is 11.5. The SMILES string of the molecule is CCCCc1ccc(C2c3cc(OC)c(OC)cc3CCN2Cc2ccccc2F)cc1. The van der Waals surface area contributed by atoms with E-state index in [0.717, 1.165) is 36.4 Å². The molecule has 1 heterocycles. The normalized spacial score (nSPS) is 15.9. The summed E-state index contributed by atoms with van der Waals surface area (Å²) >= 11 is 0. The zero-order valence-electron chi connectivity index (χ0n) is 19.2. The molecule has 0 spiro atoms. The molecule has 1 aliphatic heterocycles. The van der Waals surface area contributed by atoms with Gasteiger partial charge in [-0.15, -0.1) is 0 Å². The van der Waals surface area contributed by atoms with Crippen LogP contribution in [0.25, 0.3) is 0 Å². The summed E-state index contributed by atoms with van der Waals surface area (Å²) in [5, 5.41) is 0. The third kappa shape index (κ3) is 4.66. The third-order valence-electron chi connectivity index (χ3n) is 6.42. The van der Waals surface area contributed by atoms with Gasteiger partial charge in [0.2, 0.25) is 0 Å². The highest BCUT2D eigenvalue weighted by atomic mass is 19.1. The fourth-order valence-corrected chi connectivity index (χ4v) is 4.65. The Balaban J connectivity index is 1.75. The Hall–Kier alpha value is -2.85. The predicted molar refractivity (Wildman–Crippen MR) is 127 cm³/mol. The maximum absolute atomic E-state index is 14.5. The zero-order chi connectivity index (χ0) is 22.5. The first-order valence-corrected chi connectivity index (χ1v) is 11.5. The molecule has 0 saturated heterocycles. The molecule has 3 aromatic carbocycles. The smallest absolute Gasteiger partial charge is 0.161 e. The number of hydrogen-bond donors (Lipinski definition) is 0. The van der Waals surface area contributed by atoms with Crippen LogP contribution in [0.3, 0.4) is 0 Å². The lowest BCUT2D eigenvalue weighted by Gasteiger charge is -2.38. The first-order chi connectivity index (χ1) is 15.6.